The quantitative estimate of drug-likeness (QED) is 0.807. The Morgan fingerprint density at radius 2 is 1.85 bits per heavy atom. The van der Waals surface area contributed by atoms with Gasteiger partial charge in [-0.25, -0.2) is 8.78 Å². The second-order valence-electron chi connectivity index (χ2n) is 7.46. The van der Waals surface area contributed by atoms with E-state index in [0.717, 1.165) is 36.8 Å². The molecule has 0 bridgehead atoms. The molecule has 0 aromatic rings. The van der Waals surface area contributed by atoms with Crippen molar-refractivity contribution in [2.24, 2.45) is 17.8 Å². The summed E-state index contributed by atoms with van der Waals surface area (Å²) in [6, 6.07) is 1.00. The summed E-state index contributed by atoms with van der Waals surface area (Å²) in [4.78, 5) is 2.60. The minimum absolute atomic E-state index is 0.143. The molecule has 1 N–H and O–H groups in total. The predicted molar refractivity (Wildman–Crippen MR) is 77.0 cm³/mol. The highest BCUT2D eigenvalue weighted by atomic mass is 19.3. The standard InChI is InChI=1S/C16H28F2N2/c1-11-4-15(5-11)20-9-13(6-12-2-3-12)7-14(10-20)19-8-16(17)18/h11-16,19H,2-10H2,1H3. The number of rotatable bonds is 6. The summed E-state index contributed by atoms with van der Waals surface area (Å²) in [7, 11) is 0. The van der Waals surface area contributed by atoms with E-state index >= 15 is 0 Å². The molecule has 1 aliphatic heterocycles. The van der Waals surface area contributed by atoms with E-state index in [1.807, 2.05) is 0 Å². The number of hydrogen-bond donors (Lipinski definition) is 1. The Labute approximate surface area is 121 Å². The molecule has 20 heavy (non-hydrogen) atoms. The lowest BCUT2D eigenvalue weighted by molar-refractivity contribution is 0.0270. The van der Waals surface area contributed by atoms with Crippen LogP contribution in [0, 0.1) is 17.8 Å². The maximum Gasteiger partial charge on any atom is 0.250 e. The van der Waals surface area contributed by atoms with Gasteiger partial charge in [-0.2, -0.15) is 0 Å². The lowest BCUT2D eigenvalue weighted by Crippen LogP contribution is -2.56. The summed E-state index contributed by atoms with van der Waals surface area (Å²) >= 11 is 0. The van der Waals surface area contributed by atoms with Crippen molar-refractivity contribution in [2.45, 2.75) is 64.0 Å². The molecule has 2 aliphatic carbocycles. The lowest BCUT2D eigenvalue weighted by atomic mass is 9.78. The number of alkyl halides is 2. The summed E-state index contributed by atoms with van der Waals surface area (Å²) in [5, 5.41) is 3.10. The zero-order valence-electron chi connectivity index (χ0n) is 12.5. The molecule has 116 valence electrons. The molecule has 2 unspecified atom stereocenters. The van der Waals surface area contributed by atoms with E-state index in [1.165, 1.54) is 38.6 Å². The van der Waals surface area contributed by atoms with Crippen molar-refractivity contribution in [2.75, 3.05) is 19.6 Å². The monoisotopic (exact) mass is 286 g/mol. The molecule has 2 atom stereocenters. The number of nitrogens with zero attached hydrogens (tertiary/aromatic N) is 1. The molecule has 1 saturated heterocycles. The average Bonchev–Trinajstić information content (AvgIpc) is 3.16. The molecule has 3 aliphatic rings. The fourth-order valence-corrected chi connectivity index (χ4v) is 4.10. The van der Waals surface area contributed by atoms with Crippen LogP contribution in [-0.4, -0.2) is 43.0 Å². The van der Waals surface area contributed by atoms with Gasteiger partial charge in [-0.1, -0.05) is 19.8 Å². The van der Waals surface area contributed by atoms with Crippen molar-refractivity contribution in [1.29, 1.82) is 0 Å². The second kappa shape index (κ2) is 6.27. The third-order valence-electron chi connectivity index (χ3n) is 5.36. The van der Waals surface area contributed by atoms with Crippen LogP contribution in [0.3, 0.4) is 0 Å². The van der Waals surface area contributed by atoms with Gasteiger partial charge in [0.2, 0.25) is 0 Å². The Kier molecular flexibility index (Phi) is 4.61. The minimum atomic E-state index is -2.23. The highest BCUT2D eigenvalue weighted by Gasteiger charge is 2.38. The van der Waals surface area contributed by atoms with Gasteiger partial charge in [-0.3, -0.25) is 4.90 Å². The highest BCUT2D eigenvalue weighted by Crippen LogP contribution is 2.40. The SMILES string of the molecule is CC1CC(N2CC(CC3CC3)CC(NCC(F)F)C2)C1. The first-order valence-electron chi connectivity index (χ1n) is 8.35. The van der Waals surface area contributed by atoms with E-state index < -0.39 is 6.43 Å². The van der Waals surface area contributed by atoms with E-state index in [0.29, 0.717) is 0 Å². The van der Waals surface area contributed by atoms with Gasteiger partial charge in [0, 0.05) is 25.2 Å². The van der Waals surface area contributed by atoms with E-state index in [1.54, 1.807) is 0 Å². The van der Waals surface area contributed by atoms with Crippen LogP contribution in [0.25, 0.3) is 0 Å². The van der Waals surface area contributed by atoms with E-state index in [9.17, 15) is 8.78 Å². The van der Waals surface area contributed by atoms with Crippen LogP contribution in [0.5, 0.6) is 0 Å². The molecule has 3 fully saturated rings. The second-order valence-corrected chi connectivity index (χ2v) is 7.46. The van der Waals surface area contributed by atoms with Crippen molar-refractivity contribution in [3.63, 3.8) is 0 Å². The Morgan fingerprint density at radius 1 is 1.10 bits per heavy atom. The van der Waals surface area contributed by atoms with Crippen LogP contribution in [0.1, 0.15) is 45.4 Å². The molecular weight excluding hydrogens is 258 g/mol. The summed E-state index contributed by atoms with van der Waals surface area (Å²) in [5.41, 5.74) is 0. The molecular formula is C16H28F2N2. The van der Waals surface area contributed by atoms with Crippen molar-refractivity contribution in [3.8, 4) is 0 Å². The molecule has 0 spiro atoms. The third-order valence-corrected chi connectivity index (χ3v) is 5.36. The summed E-state index contributed by atoms with van der Waals surface area (Å²) < 4.78 is 24.8. The molecule has 2 saturated carbocycles. The van der Waals surface area contributed by atoms with E-state index in [2.05, 4.69) is 17.1 Å². The topological polar surface area (TPSA) is 15.3 Å². The zero-order chi connectivity index (χ0) is 14.1. The van der Waals surface area contributed by atoms with Gasteiger partial charge < -0.3 is 5.32 Å². The van der Waals surface area contributed by atoms with Crippen LogP contribution >= 0.6 is 0 Å². The number of piperidine rings is 1. The molecule has 0 aromatic carbocycles. The molecule has 2 nitrogen and oxygen atoms in total. The van der Waals surface area contributed by atoms with Crippen molar-refractivity contribution < 1.29 is 8.78 Å². The predicted octanol–water partition coefficient (Wildman–Crippen LogP) is 3.13. The van der Waals surface area contributed by atoms with Crippen LogP contribution in [0.15, 0.2) is 0 Å². The molecule has 0 aromatic heterocycles. The Bertz CT molecular complexity index is 314. The van der Waals surface area contributed by atoms with Crippen molar-refractivity contribution in [3.05, 3.63) is 0 Å². The van der Waals surface area contributed by atoms with Gasteiger partial charge in [0.1, 0.15) is 0 Å². The molecule has 0 radical (unpaired) electrons. The lowest BCUT2D eigenvalue weighted by Gasteiger charge is -2.48. The summed E-state index contributed by atoms with van der Waals surface area (Å²) in [6.45, 7) is 4.36. The van der Waals surface area contributed by atoms with Gasteiger partial charge in [-0.15, -0.1) is 0 Å². The van der Waals surface area contributed by atoms with Gasteiger partial charge in [0.25, 0.3) is 6.43 Å². The summed E-state index contributed by atoms with van der Waals surface area (Å²) in [5.74, 6) is 2.52. The zero-order valence-corrected chi connectivity index (χ0v) is 12.5. The number of halogens is 2. The normalized spacial score (nSPS) is 39.0. The number of nitrogens with one attached hydrogen (secondary N) is 1. The van der Waals surface area contributed by atoms with Crippen LogP contribution in [0.4, 0.5) is 8.78 Å². The van der Waals surface area contributed by atoms with E-state index in [4.69, 9.17) is 0 Å². The first-order chi connectivity index (χ1) is 9.60. The summed E-state index contributed by atoms with van der Waals surface area (Å²) in [6.07, 6.45) is 5.59. The molecule has 3 rings (SSSR count). The fraction of sp³-hybridized carbons (Fsp3) is 1.00. The van der Waals surface area contributed by atoms with Crippen molar-refractivity contribution in [1.82, 2.24) is 10.2 Å². The first-order valence-corrected chi connectivity index (χ1v) is 8.35. The van der Waals surface area contributed by atoms with Gasteiger partial charge >= 0.3 is 0 Å². The third kappa shape index (κ3) is 3.91. The fourth-order valence-electron chi connectivity index (χ4n) is 4.10. The highest BCUT2D eigenvalue weighted by molar-refractivity contribution is 4.93. The Hall–Kier alpha value is -0.220. The smallest absolute Gasteiger partial charge is 0.250 e. The van der Waals surface area contributed by atoms with Crippen LogP contribution < -0.4 is 5.32 Å². The number of likely N-dealkylation sites (tertiary alicyclic amines) is 1. The molecule has 0 amide bonds. The van der Waals surface area contributed by atoms with Gasteiger partial charge in [-0.05, 0) is 43.4 Å². The maximum absolute atomic E-state index is 12.4. The molecule has 1 heterocycles. The Morgan fingerprint density at radius 3 is 2.45 bits per heavy atom. The maximum atomic E-state index is 12.4. The largest absolute Gasteiger partial charge is 0.307 e. The Balaban J connectivity index is 1.53. The van der Waals surface area contributed by atoms with Crippen molar-refractivity contribution >= 4 is 0 Å². The van der Waals surface area contributed by atoms with Crippen LogP contribution in [-0.2, 0) is 0 Å². The average molecular weight is 286 g/mol. The minimum Gasteiger partial charge on any atom is -0.307 e. The van der Waals surface area contributed by atoms with E-state index in [-0.39, 0.29) is 12.6 Å². The van der Waals surface area contributed by atoms with Crippen LogP contribution in [0.2, 0.25) is 0 Å². The number of hydrogen-bond acceptors (Lipinski definition) is 2. The first kappa shape index (κ1) is 14.7. The van der Waals surface area contributed by atoms with Gasteiger partial charge in [0.15, 0.2) is 0 Å². The molecule has 4 heteroatoms. The van der Waals surface area contributed by atoms with Gasteiger partial charge in [0.05, 0.1) is 6.54 Å².